The summed E-state index contributed by atoms with van der Waals surface area (Å²) in [6.45, 7) is 3.83. The molecule has 3 heteroatoms. The zero-order valence-electron chi connectivity index (χ0n) is 9.58. The van der Waals surface area contributed by atoms with E-state index in [0.717, 1.165) is 30.5 Å². The average molecular weight is 284 g/mol. The molecule has 0 aliphatic carbocycles. The molecule has 0 bridgehead atoms. The molecule has 88 valence electrons. The standard InChI is InChI=1S/C13H18BrNO/c1-9-11(3-2-4-12(9)14)13(15)10-5-7-16-8-6-10/h2-4,10,13H,5-8,15H2,1H3. The Morgan fingerprint density at radius 3 is 2.75 bits per heavy atom. The van der Waals surface area contributed by atoms with Gasteiger partial charge in [-0.05, 0) is 42.9 Å². The fourth-order valence-electron chi connectivity index (χ4n) is 2.31. The van der Waals surface area contributed by atoms with Crippen molar-refractivity contribution in [3.63, 3.8) is 0 Å². The van der Waals surface area contributed by atoms with E-state index >= 15 is 0 Å². The van der Waals surface area contributed by atoms with Crippen LogP contribution in [0.2, 0.25) is 0 Å². The lowest BCUT2D eigenvalue weighted by molar-refractivity contribution is 0.0583. The molecular formula is C13H18BrNO. The second-order valence-electron chi connectivity index (χ2n) is 4.43. The minimum absolute atomic E-state index is 0.140. The molecular weight excluding hydrogens is 266 g/mol. The minimum Gasteiger partial charge on any atom is -0.381 e. The molecule has 1 aromatic rings. The predicted molar refractivity (Wildman–Crippen MR) is 69.4 cm³/mol. The molecule has 2 nitrogen and oxygen atoms in total. The largest absolute Gasteiger partial charge is 0.381 e. The molecule has 1 atom stereocenters. The summed E-state index contributed by atoms with van der Waals surface area (Å²) in [5, 5.41) is 0. The molecule has 0 radical (unpaired) electrons. The van der Waals surface area contributed by atoms with Crippen LogP contribution in [0.5, 0.6) is 0 Å². The maximum Gasteiger partial charge on any atom is 0.0469 e. The van der Waals surface area contributed by atoms with Crippen molar-refractivity contribution in [1.29, 1.82) is 0 Å². The first-order valence-corrected chi connectivity index (χ1v) is 6.58. The normalized spacial score (nSPS) is 19.7. The highest BCUT2D eigenvalue weighted by molar-refractivity contribution is 9.10. The first-order chi connectivity index (χ1) is 7.70. The molecule has 1 fully saturated rings. The summed E-state index contributed by atoms with van der Waals surface area (Å²) in [6, 6.07) is 6.41. The smallest absolute Gasteiger partial charge is 0.0469 e. The third-order valence-corrected chi connectivity index (χ3v) is 4.30. The van der Waals surface area contributed by atoms with Crippen LogP contribution in [-0.2, 0) is 4.74 Å². The molecule has 1 aliphatic rings. The van der Waals surface area contributed by atoms with Crippen molar-refractivity contribution in [3.8, 4) is 0 Å². The Kier molecular flexibility index (Phi) is 4.00. The van der Waals surface area contributed by atoms with Crippen molar-refractivity contribution in [2.24, 2.45) is 11.7 Å². The maximum absolute atomic E-state index is 6.36. The molecule has 2 N–H and O–H groups in total. The van der Waals surface area contributed by atoms with Gasteiger partial charge in [-0.2, -0.15) is 0 Å². The monoisotopic (exact) mass is 283 g/mol. The Balaban J connectivity index is 2.19. The highest BCUT2D eigenvalue weighted by Crippen LogP contribution is 2.32. The van der Waals surface area contributed by atoms with E-state index in [1.165, 1.54) is 11.1 Å². The lowest BCUT2D eigenvalue weighted by atomic mass is 9.86. The Morgan fingerprint density at radius 2 is 2.06 bits per heavy atom. The maximum atomic E-state index is 6.36. The zero-order chi connectivity index (χ0) is 11.5. The molecule has 1 heterocycles. The molecule has 1 aliphatic heterocycles. The highest BCUT2D eigenvalue weighted by atomic mass is 79.9. The highest BCUT2D eigenvalue weighted by Gasteiger charge is 2.23. The van der Waals surface area contributed by atoms with Gasteiger partial charge in [0.05, 0.1) is 0 Å². The van der Waals surface area contributed by atoms with Gasteiger partial charge in [0.15, 0.2) is 0 Å². The van der Waals surface area contributed by atoms with E-state index in [-0.39, 0.29) is 6.04 Å². The first kappa shape index (κ1) is 12.1. The van der Waals surface area contributed by atoms with E-state index in [2.05, 4.69) is 41.1 Å². The number of hydrogen-bond acceptors (Lipinski definition) is 2. The van der Waals surface area contributed by atoms with E-state index in [1.54, 1.807) is 0 Å². The van der Waals surface area contributed by atoms with Gasteiger partial charge in [0, 0.05) is 23.7 Å². The molecule has 1 saturated heterocycles. The van der Waals surface area contributed by atoms with Crippen molar-refractivity contribution in [1.82, 2.24) is 0 Å². The van der Waals surface area contributed by atoms with E-state index in [4.69, 9.17) is 10.5 Å². The van der Waals surface area contributed by atoms with Crippen LogP contribution in [0.4, 0.5) is 0 Å². The van der Waals surface area contributed by atoms with Crippen molar-refractivity contribution in [2.75, 3.05) is 13.2 Å². The van der Waals surface area contributed by atoms with Crippen LogP contribution in [0.1, 0.15) is 30.0 Å². The van der Waals surface area contributed by atoms with Crippen LogP contribution in [-0.4, -0.2) is 13.2 Å². The topological polar surface area (TPSA) is 35.2 Å². The fourth-order valence-corrected chi connectivity index (χ4v) is 2.70. The molecule has 0 amide bonds. The summed E-state index contributed by atoms with van der Waals surface area (Å²) in [4.78, 5) is 0. The summed E-state index contributed by atoms with van der Waals surface area (Å²) >= 11 is 3.56. The van der Waals surface area contributed by atoms with Gasteiger partial charge in [0.1, 0.15) is 0 Å². The van der Waals surface area contributed by atoms with Crippen LogP contribution in [0.25, 0.3) is 0 Å². The minimum atomic E-state index is 0.140. The number of ether oxygens (including phenoxy) is 1. The second kappa shape index (κ2) is 5.30. The van der Waals surface area contributed by atoms with Crippen LogP contribution in [0, 0.1) is 12.8 Å². The predicted octanol–water partition coefficient (Wildman–Crippen LogP) is 3.18. The third kappa shape index (κ3) is 2.47. The first-order valence-electron chi connectivity index (χ1n) is 5.78. The molecule has 16 heavy (non-hydrogen) atoms. The molecule has 2 rings (SSSR count). The van der Waals surface area contributed by atoms with E-state index in [1.807, 2.05) is 0 Å². The van der Waals surface area contributed by atoms with Crippen LogP contribution >= 0.6 is 15.9 Å². The zero-order valence-corrected chi connectivity index (χ0v) is 11.2. The van der Waals surface area contributed by atoms with Crippen molar-refractivity contribution < 1.29 is 4.74 Å². The summed E-state index contributed by atoms with van der Waals surface area (Å²) in [7, 11) is 0. The quantitative estimate of drug-likeness (QED) is 0.905. The van der Waals surface area contributed by atoms with Crippen molar-refractivity contribution >= 4 is 15.9 Å². The Hall–Kier alpha value is -0.380. The number of hydrogen-bond donors (Lipinski definition) is 1. The van der Waals surface area contributed by atoms with Gasteiger partial charge in [-0.25, -0.2) is 0 Å². The van der Waals surface area contributed by atoms with Crippen LogP contribution in [0.3, 0.4) is 0 Å². The molecule has 1 aromatic carbocycles. The lowest BCUT2D eigenvalue weighted by Crippen LogP contribution is -2.28. The Morgan fingerprint density at radius 1 is 1.38 bits per heavy atom. The summed E-state index contributed by atoms with van der Waals surface area (Å²) < 4.78 is 6.52. The van der Waals surface area contributed by atoms with Gasteiger partial charge in [-0.1, -0.05) is 28.1 Å². The van der Waals surface area contributed by atoms with E-state index < -0.39 is 0 Å². The van der Waals surface area contributed by atoms with Crippen molar-refractivity contribution in [3.05, 3.63) is 33.8 Å². The summed E-state index contributed by atoms with van der Waals surface area (Å²) in [6.07, 6.45) is 2.15. The molecule has 0 aromatic heterocycles. The molecule has 0 spiro atoms. The lowest BCUT2D eigenvalue weighted by Gasteiger charge is -2.29. The summed E-state index contributed by atoms with van der Waals surface area (Å²) in [5.41, 5.74) is 8.89. The Labute approximate surface area is 105 Å². The van der Waals surface area contributed by atoms with Crippen LogP contribution in [0.15, 0.2) is 22.7 Å². The number of nitrogens with two attached hydrogens (primary N) is 1. The summed E-state index contributed by atoms with van der Waals surface area (Å²) in [5.74, 6) is 0.557. The van der Waals surface area contributed by atoms with Gasteiger partial charge in [-0.3, -0.25) is 0 Å². The van der Waals surface area contributed by atoms with Crippen LogP contribution < -0.4 is 5.73 Å². The van der Waals surface area contributed by atoms with Crippen molar-refractivity contribution in [2.45, 2.75) is 25.8 Å². The van der Waals surface area contributed by atoms with E-state index in [9.17, 15) is 0 Å². The molecule has 0 saturated carbocycles. The number of rotatable bonds is 2. The number of halogens is 1. The van der Waals surface area contributed by atoms with Gasteiger partial charge in [0.2, 0.25) is 0 Å². The van der Waals surface area contributed by atoms with Gasteiger partial charge in [-0.15, -0.1) is 0 Å². The van der Waals surface area contributed by atoms with E-state index in [0.29, 0.717) is 5.92 Å². The second-order valence-corrected chi connectivity index (χ2v) is 5.28. The number of benzene rings is 1. The SMILES string of the molecule is Cc1c(Br)cccc1C(N)C1CCOCC1. The fraction of sp³-hybridized carbons (Fsp3) is 0.538. The van der Waals surface area contributed by atoms with Gasteiger partial charge >= 0.3 is 0 Å². The molecule has 1 unspecified atom stereocenters. The average Bonchev–Trinajstić information content (AvgIpc) is 2.33. The third-order valence-electron chi connectivity index (χ3n) is 3.44. The Bertz CT molecular complexity index is 361. The van der Waals surface area contributed by atoms with Gasteiger partial charge < -0.3 is 10.5 Å². The van der Waals surface area contributed by atoms with Gasteiger partial charge in [0.25, 0.3) is 0 Å².